The monoisotopic (exact) mass is 283 g/mol. The Morgan fingerprint density at radius 1 is 1.50 bits per heavy atom. The van der Waals surface area contributed by atoms with Crippen LogP contribution in [0.5, 0.6) is 5.75 Å². The van der Waals surface area contributed by atoms with Crippen LogP contribution in [0.4, 0.5) is 0 Å². The number of carbonyl (C=O) groups is 1. The highest BCUT2D eigenvalue weighted by atomic mass is 79.9. The molecule has 1 aromatic rings. The molecule has 16 heavy (non-hydrogen) atoms. The second kappa shape index (κ2) is 4.09. The Bertz CT molecular complexity index is 427. The molecule has 86 valence electrons. The maximum absolute atomic E-state index is 11.9. The van der Waals surface area contributed by atoms with Crippen molar-refractivity contribution in [2.75, 3.05) is 0 Å². The van der Waals surface area contributed by atoms with E-state index in [-0.39, 0.29) is 17.2 Å². The lowest BCUT2D eigenvalue weighted by molar-refractivity contribution is 0.0850. The third kappa shape index (κ3) is 2.21. The molecular formula is C12H14BrNO2. The zero-order chi connectivity index (χ0) is 11.8. The molecule has 1 amide bonds. The van der Waals surface area contributed by atoms with Crippen molar-refractivity contribution >= 4 is 21.8 Å². The zero-order valence-corrected chi connectivity index (χ0v) is 10.7. The van der Waals surface area contributed by atoms with Gasteiger partial charge in [-0.25, -0.2) is 0 Å². The summed E-state index contributed by atoms with van der Waals surface area (Å²) in [6, 6.07) is 4.84. The summed E-state index contributed by atoms with van der Waals surface area (Å²) in [5, 5.41) is 12.5. The summed E-state index contributed by atoms with van der Waals surface area (Å²) in [6.45, 7) is 2.05. The maximum Gasteiger partial charge on any atom is 0.251 e. The molecule has 1 fully saturated rings. The molecule has 0 unspecified atom stereocenters. The van der Waals surface area contributed by atoms with Crippen LogP contribution in [0.25, 0.3) is 0 Å². The van der Waals surface area contributed by atoms with Crippen molar-refractivity contribution in [2.45, 2.75) is 31.7 Å². The van der Waals surface area contributed by atoms with Crippen molar-refractivity contribution in [2.24, 2.45) is 0 Å². The van der Waals surface area contributed by atoms with E-state index in [1.54, 1.807) is 12.1 Å². The largest absolute Gasteiger partial charge is 0.507 e. The van der Waals surface area contributed by atoms with Gasteiger partial charge in [0.25, 0.3) is 5.91 Å². The van der Waals surface area contributed by atoms with Crippen molar-refractivity contribution in [3.8, 4) is 5.75 Å². The van der Waals surface area contributed by atoms with Crippen LogP contribution in [0.3, 0.4) is 0 Å². The van der Waals surface area contributed by atoms with Gasteiger partial charge in [0, 0.05) is 11.1 Å². The lowest BCUT2D eigenvalue weighted by Crippen LogP contribution is -2.50. The number of phenols is 1. The molecule has 0 heterocycles. The van der Waals surface area contributed by atoms with Gasteiger partial charge >= 0.3 is 0 Å². The third-order valence-electron chi connectivity index (χ3n) is 3.08. The highest BCUT2D eigenvalue weighted by molar-refractivity contribution is 9.10. The van der Waals surface area contributed by atoms with Gasteiger partial charge in [-0.05, 0) is 60.3 Å². The Labute approximate surface area is 103 Å². The second-order valence-corrected chi connectivity index (χ2v) is 5.39. The number of aromatic hydroxyl groups is 1. The van der Waals surface area contributed by atoms with Crippen LogP contribution in [0.2, 0.25) is 0 Å². The molecule has 1 saturated carbocycles. The average Bonchev–Trinajstić information content (AvgIpc) is 2.19. The lowest BCUT2D eigenvalue weighted by Gasteiger charge is -2.39. The van der Waals surface area contributed by atoms with Crippen LogP contribution < -0.4 is 5.32 Å². The van der Waals surface area contributed by atoms with Crippen LogP contribution in [-0.4, -0.2) is 16.6 Å². The number of rotatable bonds is 2. The predicted molar refractivity (Wildman–Crippen MR) is 65.5 cm³/mol. The lowest BCUT2D eigenvalue weighted by atomic mass is 9.78. The molecule has 0 saturated heterocycles. The third-order valence-corrected chi connectivity index (χ3v) is 3.75. The van der Waals surface area contributed by atoms with E-state index >= 15 is 0 Å². The molecule has 0 bridgehead atoms. The minimum atomic E-state index is -0.120. The molecule has 0 radical (unpaired) electrons. The molecule has 2 N–H and O–H groups in total. The predicted octanol–water partition coefficient (Wildman–Crippen LogP) is 2.83. The number of hydrogen-bond acceptors (Lipinski definition) is 2. The van der Waals surface area contributed by atoms with Crippen molar-refractivity contribution in [1.29, 1.82) is 0 Å². The highest BCUT2D eigenvalue weighted by Gasteiger charge is 2.33. The van der Waals surface area contributed by atoms with E-state index in [1.165, 1.54) is 12.5 Å². The first-order chi connectivity index (χ1) is 7.50. The molecule has 1 aliphatic rings. The summed E-state index contributed by atoms with van der Waals surface area (Å²) < 4.78 is 0.596. The normalized spacial score (nSPS) is 17.6. The zero-order valence-electron chi connectivity index (χ0n) is 9.09. The van der Waals surface area contributed by atoms with Gasteiger partial charge in [0.15, 0.2) is 0 Å². The summed E-state index contributed by atoms with van der Waals surface area (Å²) in [6.07, 6.45) is 3.23. The number of amides is 1. The van der Waals surface area contributed by atoms with E-state index in [9.17, 15) is 9.90 Å². The fraction of sp³-hybridized carbons (Fsp3) is 0.417. The molecule has 0 aliphatic heterocycles. The van der Waals surface area contributed by atoms with Crippen LogP contribution in [0, 0.1) is 0 Å². The van der Waals surface area contributed by atoms with Crippen molar-refractivity contribution in [1.82, 2.24) is 5.32 Å². The van der Waals surface area contributed by atoms with Gasteiger partial charge in [-0.1, -0.05) is 0 Å². The first-order valence-electron chi connectivity index (χ1n) is 5.31. The minimum absolute atomic E-state index is 0.0558. The van der Waals surface area contributed by atoms with E-state index in [0.29, 0.717) is 10.0 Å². The van der Waals surface area contributed by atoms with Gasteiger partial charge in [-0.3, -0.25) is 4.79 Å². The van der Waals surface area contributed by atoms with Gasteiger partial charge < -0.3 is 10.4 Å². The number of benzene rings is 1. The molecule has 4 heteroatoms. The summed E-state index contributed by atoms with van der Waals surface area (Å²) in [7, 11) is 0. The molecule has 1 aliphatic carbocycles. The Hall–Kier alpha value is -1.03. The number of carbonyl (C=O) groups excluding carboxylic acids is 1. The first-order valence-corrected chi connectivity index (χ1v) is 6.10. The maximum atomic E-state index is 11.9. The quantitative estimate of drug-likeness (QED) is 0.877. The Balaban J connectivity index is 2.11. The van der Waals surface area contributed by atoms with Crippen LogP contribution in [0.15, 0.2) is 22.7 Å². The van der Waals surface area contributed by atoms with Gasteiger partial charge in [0.05, 0.1) is 4.47 Å². The Kier molecular flexibility index (Phi) is 2.93. The first kappa shape index (κ1) is 11.5. The van der Waals surface area contributed by atoms with Crippen LogP contribution >= 0.6 is 15.9 Å². The Morgan fingerprint density at radius 2 is 2.19 bits per heavy atom. The summed E-state index contributed by atoms with van der Waals surface area (Å²) in [4.78, 5) is 11.9. The average molecular weight is 284 g/mol. The highest BCUT2D eigenvalue weighted by Crippen LogP contribution is 2.31. The number of halogens is 1. The summed E-state index contributed by atoms with van der Waals surface area (Å²) in [5.74, 6) is -0.0311. The second-order valence-electron chi connectivity index (χ2n) is 4.53. The van der Waals surface area contributed by atoms with Crippen LogP contribution in [0.1, 0.15) is 36.5 Å². The van der Waals surface area contributed by atoms with E-state index < -0.39 is 0 Å². The van der Waals surface area contributed by atoms with E-state index in [4.69, 9.17) is 0 Å². The fourth-order valence-electron chi connectivity index (χ4n) is 1.83. The van der Waals surface area contributed by atoms with Crippen molar-refractivity contribution < 1.29 is 9.90 Å². The van der Waals surface area contributed by atoms with Gasteiger partial charge in [0.1, 0.15) is 5.75 Å². The standard InChI is InChI=1S/C12H14BrNO2/c1-12(5-2-6-12)14-11(16)8-3-4-9(13)10(15)7-8/h3-4,7,15H,2,5-6H2,1H3,(H,14,16). The molecular weight excluding hydrogens is 270 g/mol. The molecule has 2 rings (SSSR count). The van der Waals surface area contributed by atoms with Gasteiger partial charge in [-0.15, -0.1) is 0 Å². The SMILES string of the molecule is CC1(NC(=O)c2ccc(Br)c(O)c2)CCC1. The van der Waals surface area contributed by atoms with E-state index in [2.05, 4.69) is 21.2 Å². The molecule has 0 atom stereocenters. The number of phenolic OH excluding ortho intramolecular Hbond substituents is 1. The van der Waals surface area contributed by atoms with Crippen molar-refractivity contribution in [3.63, 3.8) is 0 Å². The van der Waals surface area contributed by atoms with E-state index in [0.717, 1.165) is 12.8 Å². The molecule has 3 nitrogen and oxygen atoms in total. The summed E-state index contributed by atoms with van der Waals surface area (Å²) >= 11 is 3.18. The fourth-order valence-corrected chi connectivity index (χ4v) is 2.08. The molecule has 0 spiro atoms. The van der Waals surface area contributed by atoms with Crippen molar-refractivity contribution in [3.05, 3.63) is 28.2 Å². The molecule has 1 aromatic carbocycles. The van der Waals surface area contributed by atoms with E-state index in [1.807, 2.05) is 6.92 Å². The van der Waals surface area contributed by atoms with Gasteiger partial charge in [-0.2, -0.15) is 0 Å². The molecule has 0 aromatic heterocycles. The minimum Gasteiger partial charge on any atom is -0.507 e. The Morgan fingerprint density at radius 3 is 2.69 bits per heavy atom. The number of hydrogen-bond donors (Lipinski definition) is 2. The van der Waals surface area contributed by atoms with Gasteiger partial charge in [0.2, 0.25) is 0 Å². The summed E-state index contributed by atoms with van der Waals surface area (Å²) in [5.41, 5.74) is 0.439. The topological polar surface area (TPSA) is 49.3 Å². The van der Waals surface area contributed by atoms with Crippen LogP contribution in [-0.2, 0) is 0 Å². The smallest absolute Gasteiger partial charge is 0.251 e. The number of nitrogens with one attached hydrogen (secondary N) is 1.